The maximum atomic E-state index is 9.74. The number of rotatable bonds is 5. The van der Waals surface area contributed by atoms with Crippen LogP contribution in [0.15, 0.2) is 53.9 Å². The number of phenols is 1. The first-order valence-electron chi connectivity index (χ1n) is 9.59. The molecule has 0 aliphatic carbocycles. The fraction of sp³-hybridized carbons (Fsp3) is 0.318. The molecule has 0 spiro atoms. The number of hydrogen-bond acceptors (Lipinski definition) is 7. The number of allylic oxidation sites excluding steroid dienone is 1. The number of fused-ring (bicyclic) bond motifs is 1. The van der Waals surface area contributed by atoms with E-state index in [-0.39, 0.29) is 17.6 Å². The summed E-state index contributed by atoms with van der Waals surface area (Å²) in [5.74, 6) is 1.01. The van der Waals surface area contributed by atoms with Crippen LogP contribution in [0.3, 0.4) is 0 Å². The molecule has 2 aromatic rings. The van der Waals surface area contributed by atoms with Gasteiger partial charge in [-0.15, -0.1) is 0 Å². The number of ether oxygens (including phenoxy) is 3. The van der Waals surface area contributed by atoms with E-state index in [2.05, 4.69) is 11.0 Å². The minimum absolute atomic E-state index is 0.0569. The molecule has 29 heavy (non-hydrogen) atoms. The highest BCUT2D eigenvalue weighted by atomic mass is 16.5. The van der Waals surface area contributed by atoms with Crippen LogP contribution in [0.4, 0.5) is 0 Å². The van der Waals surface area contributed by atoms with Crippen LogP contribution in [-0.2, 0) is 4.74 Å². The number of nitriles is 1. The molecule has 3 N–H and O–H groups in total. The molecule has 2 aromatic carbocycles. The van der Waals surface area contributed by atoms with Gasteiger partial charge in [-0.2, -0.15) is 5.26 Å². The molecule has 0 bridgehead atoms. The lowest BCUT2D eigenvalue weighted by Gasteiger charge is -2.27. The Balaban J connectivity index is 1.50. The smallest absolute Gasteiger partial charge is 0.205 e. The van der Waals surface area contributed by atoms with E-state index in [0.29, 0.717) is 17.9 Å². The molecule has 0 radical (unpaired) electrons. The molecule has 0 saturated carbocycles. The molecule has 7 heteroatoms. The molecular formula is C22H23N3O4. The van der Waals surface area contributed by atoms with Crippen LogP contribution in [0.25, 0.3) is 0 Å². The van der Waals surface area contributed by atoms with Crippen LogP contribution < -0.4 is 15.2 Å². The summed E-state index contributed by atoms with van der Waals surface area (Å²) in [6, 6.07) is 14.7. The Kier molecular flexibility index (Phi) is 5.56. The number of nitrogens with zero attached hydrogens (tertiary/aromatic N) is 2. The predicted octanol–water partition coefficient (Wildman–Crippen LogP) is 2.32. The van der Waals surface area contributed by atoms with Crippen molar-refractivity contribution in [3.63, 3.8) is 0 Å². The van der Waals surface area contributed by atoms with Gasteiger partial charge in [0, 0.05) is 31.3 Å². The number of phenolic OH excluding ortho intramolecular Hbond substituents is 1. The van der Waals surface area contributed by atoms with Crippen molar-refractivity contribution in [2.75, 3.05) is 39.5 Å². The molecule has 2 aliphatic rings. The maximum absolute atomic E-state index is 9.74. The average molecular weight is 393 g/mol. The van der Waals surface area contributed by atoms with E-state index < -0.39 is 0 Å². The van der Waals surface area contributed by atoms with Crippen molar-refractivity contribution >= 4 is 0 Å². The highest BCUT2D eigenvalue weighted by Crippen LogP contribution is 2.43. The third kappa shape index (κ3) is 4.14. The molecule has 2 aliphatic heterocycles. The van der Waals surface area contributed by atoms with Crippen molar-refractivity contribution in [1.29, 1.82) is 5.26 Å². The van der Waals surface area contributed by atoms with E-state index in [1.165, 1.54) is 6.07 Å². The highest BCUT2D eigenvalue weighted by molar-refractivity contribution is 5.57. The largest absolute Gasteiger partial charge is 0.508 e. The molecule has 0 amide bonds. The lowest BCUT2D eigenvalue weighted by atomic mass is 9.83. The second-order valence-corrected chi connectivity index (χ2v) is 7.02. The van der Waals surface area contributed by atoms with Gasteiger partial charge in [0.15, 0.2) is 0 Å². The number of hydrogen-bond donors (Lipinski definition) is 2. The first-order chi connectivity index (χ1) is 14.2. The molecule has 7 nitrogen and oxygen atoms in total. The van der Waals surface area contributed by atoms with E-state index in [4.69, 9.17) is 19.9 Å². The van der Waals surface area contributed by atoms with Crippen LogP contribution in [-0.4, -0.2) is 49.5 Å². The van der Waals surface area contributed by atoms with Crippen molar-refractivity contribution in [1.82, 2.24) is 4.90 Å². The number of benzene rings is 2. The summed E-state index contributed by atoms with van der Waals surface area (Å²) in [7, 11) is 0. The lowest BCUT2D eigenvalue weighted by molar-refractivity contribution is 0.0322. The van der Waals surface area contributed by atoms with Gasteiger partial charge in [-0.05, 0) is 23.8 Å². The summed E-state index contributed by atoms with van der Waals surface area (Å²) < 4.78 is 16.8. The molecule has 0 aromatic heterocycles. The van der Waals surface area contributed by atoms with Crippen LogP contribution >= 0.6 is 0 Å². The zero-order valence-electron chi connectivity index (χ0n) is 16.0. The first-order valence-corrected chi connectivity index (χ1v) is 9.59. The predicted molar refractivity (Wildman–Crippen MR) is 107 cm³/mol. The molecule has 1 atom stereocenters. The van der Waals surface area contributed by atoms with Crippen LogP contribution in [0.1, 0.15) is 17.0 Å². The molecule has 1 saturated heterocycles. The second-order valence-electron chi connectivity index (χ2n) is 7.02. The number of morpholine rings is 1. The zero-order chi connectivity index (χ0) is 20.2. The molecule has 1 fully saturated rings. The van der Waals surface area contributed by atoms with E-state index in [1.807, 2.05) is 24.3 Å². The van der Waals surface area contributed by atoms with Crippen LogP contribution in [0, 0.1) is 11.3 Å². The summed E-state index contributed by atoms with van der Waals surface area (Å²) in [5.41, 5.74) is 8.00. The van der Waals surface area contributed by atoms with Gasteiger partial charge in [0.2, 0.25) is 5.88 Å². The SMILES string of the molecule is N#CC1=C(N)Oc2cc(O)ccc2C1c1ccc(OCCN2CCOCC2)cc1. The summed E-state index contributed by atoms with van der Waals surface area (Å²) in [6.45, 7) is 4.89. The summed E-state index contributed by atoms with van der Waals surface area (Å²) in [4.78, 5) is 2.32. The Bertz CT molecular complexity index is 944. The van der Waals surface area contributed by atoms with Gasteiger partial charge in [0.25, 0.3) is 0 Å². The van der Waals surface area contributed by atoms with Crippen molar-refractivity contribution in [3.05, 3.63) is 65.0 Å². The van der Waals surface area contributed by atoms with Crippen LogP contribution in [0.2, 0.25) is 0 Å². The van der Waals surface area contributed by atoms with Gasteiger partial charge in [-0.1, -0.05) is 18.2 Å². The molecule has 1 unspecified atom stereocenters. The van der Waals surface area contributed by atoms with Crippen molar-refractivity contribution in [2.45, 2.75) is 5.92 Å². The number of aromatic hydroxyl groups is 1. The lowest BCUT2D eigenvalue weighted by Crippen LogP contribution is -2.38. The maximum Gasteiger partial charge on any atom is 0.205 e. The van der Waals surface area contributed by atoms with Crippen molar-refractivity contribution < 1.29 is 19.3 Å². The molecule has 4 rings (SSSR count). The quantitative estimate of drug-likeness (QED) is 0.804. The van der Waals surface area contributed by atoms with Gasteiger partial charge in [-0.3, -0.25) is 4.90 Å². The minimum atomic E-state index is -0.355. The first kappa shape index (κ1) is 19.1. The summed E-state index contributed by atoms with van der Waals surface area (Å²) in [6.07, 6.45) is 0. The Morgan fingerprint density at radius 3 is 2.66 bits per heavy atom. The van der Waals surface area contributed by atoms with Gasteiger partial charge in [0.1, 0.15) is 35.5 Å². The fourth-order valence-corrected chi connectivity index (χ4v) is 3.66. The molecular weight excluding hydrogens is 370 g/mol. The fourth-order valence-electron chi connectivity index (χ4n) is 3.66. The highest BCUT2D eigenvalue weighted by Gasteiger charge is 2.30. The number of nitrogens with two attached hydrogens (primary N) is 1. The summed E-state index contributed by atoms with van der Waals surface area (Å²) in [5, 5.41) is 19.4. The van der Waals surface area contributed by atoms with Gasteiger partial charge in [0.05, 0.1) is 19.1 Å². The normalized spacial score (nSPS) is 19.2. The Morgan fingerprint density at radius 1 is 1.17 bits per heavy atom. The average Bonchev–Trinajstić information content (AvgIpc) is 2.74. The van der Waals surface area contributed by atoms with Crippen molar-refractivity contribution in [2.24, 2.45) is 5.73 Å². The van der Waals surface area contributed by atoms with Gasteiger partial charge >= 0.3 is 0 Å². The van der Waals surface area contributed by atoms with E-state index >= 15 is 0 Å². The van der Waals surface area contributed by atoms with E-state index in [0.717, 1.165) is 49.7 Å². The monoisotopic (exact) mass is 393 g/mol. The zero-order valence-corrected chi connectivity index (χ0v) is 16.0. The standard InChI is InChI=1S/C22H23N3O4/c23-14-19-21(18-6-3-16(26)13-20(18)29-22(19)24)15-1-4-17(5-2-15)28-12-9-25-7-10-27-11-8-25/h1-6,13,21,26H,7-12,24H2. The van der Waals surface area contributed by atoms with Gasteiger partial charge < -0.3 is 25.1 Å². The topological polar surface area (TPSA) is 101 Å². The third-order valence-corrected chi connectivity index (χ3v) is 5.20. The van der Waals surface area contributed by atoms with Gasteiger partial charge in [-0.25, -0.2) is 0 Å². The second kappa shape index (κ2) is 8.43. The minimum Gasteiger partial charge on any atom is -0.508 e. The Hall–Kier alpha value is -3.21. The third-order valence-electron chi connectivity index (χ3n) is 5.20. The molecule has 2 heterocycles. The summed E-state index contributed by atoms with van der Waals surface area (Å²) >= 11 is 0. The van der Waals surface area contributed by atoms with Crippen LogP contribution in [0.5, 0.6) is 17.2 Å². The van der Waals surface area contributed by atoms with Crippen molar-refractivity contribution in [3.8, 4) is 23.3 Å². The van der Waals surface area contributed by atoms with E-state index in [9.17, 15) is 10.4 Å². The Morgan fingerprint density at radius 2 is 1.93 bits per heavy atom. The van der Waals surface area contributed by atoms with E-state index in [1.54, 1.807) is 12.1 Å². The molecule has 150 valence electrons. The Labute approximate surface area is 169 Å².